The molecule has 1 heterocycles. The predicted octanol–water partition coefficient (Wildman–Crippen LogP) is 3.79. The predicted molar refractivity (Wildman–Crippen MR) is 80.5 cm³/mol. The number of benzene rings is 1. The fourth-order valence-electron chi connectivity index (χ4n) is 3.07. The van der Waals surface area contributed by atoms with Crippen molar-refractivity contribution in [3.05, 3.63) is 57.3 Å². The van der Waals surface area contributed by atoms with Crippen molar-refractivity contribution in [2.45, 2.75) is 32.3 Å². The molecule has 0 amide bonds. The van der Waals surface area contributed by atoms with Gasteiger partial charge >= 0.3 is 0 Å². The zero-order chi connectivity index (χ0) is 14.2. The fourth-order valence-corrected chi connectivity index (χ4v) is 4.09. The molecule has 2 unspecified atom stereocenters. The van der Waals surface area contributed by atoms with Gasteiger partial charge in [0.05, 0.1) is 11.5 Å². The van der Waals surface area contributed by atoms with E-state index in [1.165, 1.54) is 11.1 Å². The molecule has 1 N–H and O–H groups in total. The number of aliphatic hydroxyl groups is 1. The second-order valence-corrected chi connectivity index (χ2v) is 6.53. The molecule has 2 atom stereocenters. The first-order valence-electron chi connectivity index (χ1n) is 6.86. The second-order valence-electron chi connectivity index (χ2n) is 5.58. The minimum absolute atomic E-state index is 0.637. The Morgan fingerprint density at radius 3 is 2.70 bits per heavy atom. The molecule has 0 saturated carbocycles. The van der Waals surface area contributed by atoms with Crippen LogP contribution >= 0.6 is 11.3 Å². The highest BCUT2D eigenvalue weighted by molar-refractivity contribution is 7.10. The molecule has 1 aliphatic carbocycles. The lowest BCUT2D eigenvalue weighted by atomic mass is 9.68. The van der Waals surface area contributed by atoms with Crippen LogP contribution in [0.25, 0.3) is 0 Å². The Hall–Kier alpha value is -1.63. The van der Waals surface area contributed by atoms with E-state index < -0.39 is 11.5 Å². The monoisotopic (exact) mass is 283 g/mol. The third kappa shape index (κ3) is 2.06. The van der Waals surface area contributed by atoms with Crippen LogP contribution in [-0.4, -0.2) is 5.11 Å². The zero-order valence-electron chi connectivity index (χ0n) is 11.5. The number of nitrogens with zero attached hydrogens (tertiary/aromatic N) is 1. The molecule has 0 bridgehead atoms. The Kier molecular flexibility index (Phi) is 3.37. The van der Waals surface area contributed by atoms with Crippen LogP contribution in [0.5, 0.6) is 0 Å². The maximum Gasteiger partial charge on any atom is 0.107 e. The van der Waals surface area contributed by atoms with E-state index in [1.54, 1.807) is 11.3 Å². The first-order valence-corrected chi connectivity index (χ1v) is 7.74. The van der Waals surface area contributed by atoms with Gasteiger partial charge in [-0.3, -0.25) is 0 Å². The first-order chi connectivity index (χ1) is 9.66. The number of rotatable bonds is 2. The topological polar surface area (TPSA) is 44.0 Å². The van der Waals surface area contributed by atoms with Crippen LogP contribution in [0.4, 0.5) is 0 Å². The van der Waals surface area contributed by atoms with Crippen molar-refractivity contribution in [3.63, 3.8) is 0 Å². The van der Waals surface area contributed by atoms with E-state index in [4.69, 9.17) is 0 Å². The summed E-state index contributed by atoms with van der Waals surface area (Å²) in [4.78, 5) is 0.936. The van der Waals surface area contributed by atoms with Crippen molar-refractivity contribution in [2.24, 2.45) is 5.41 Å². The smallest absolute Gasteiger partial charge is 0.107 e. The molecule has 0 radical (unpaired) electrons. The van der Waals surface area contributed by atoms with Gasteiger partial charge in [-0.1, -0.05) is 24.3 Å². The molecule has 1 aromatic heterocycles. The summed E-state index contributed by atoms with van der Waals surface area (Å²) < 4.78 is 0. The number of fused-ring (bicyclic) bond motifs is 1. The number of aryl methyl sites for hydroxylation is 2. The highest BCUT2D eigenvalue weighted by Gasteiger charge is 2.42. The molecule has 2 nitrogen and oxygen atoms in total. The van der Waals surface area contributed by atoms with Crippen molar-refractivity contribution < 1.29 is 5.11 Å². The largest absolute Gasteiger partial charge is 0.386 e. The summed E-state index contributed by atoms with van der Waals surface area (Å²) >= 11 is 1.55. The van der Waals surface area contributed by atoms with E-state index in [0.717, 1.165) is 23.3 Å². The number of hydrogen-bond acceptors (Lipinski definition) is 3. The van der Waals surface area contributed by atoms with Gasteiger partial charge in [0.15, 0.2) is 0 Å². The van der Waals surface area contributed by atoms with Gasteiger partial charge in [-0.2, -0.15) is 5.26 Å². The standard InChI is InChI=1S/C17H17NOS/c1-12-7-9-20-15(12)16(19)17(11-18)8-6-13-4-2-3-5-14(13)10-17/h2-5,7,9,16,19H,6,8,10H2,1H3. The second kappa shape index (κ2) is 5.05. The summed E-state index contributed by atoms with van der Waals surface area (Å²) in [6.07, 6.45) is 1.53. The maximum absolute atomic E-state index is 10.8. The van der Waals surface area contributed by atoms with E-state index >= 15 is 0 Å². The van der Waals surface area contributed by atoms with Crippen LogP contribution in [0.15, 0.2) is 35.7 Å². The van der Waals surface area contributed by atoms with Crippen LogP contribution in [0.2, 0.25) is 0 Å². The molecule has 102 valence electrons. The molecular weight excluding hydrogens is 266 g/mol. The van der Waals surface area contributed by atoms with Crippen molar-refractivity contribution in [1.29, 1.82) is 5.26 Å². The SMILES string of the molecule is Cc1ccsc1C(O)C1(C#N)CCc2ccccc2C1. The molecule has 20 heavy (non-hydrogen) atoms. The van der Waals surface area contributed by atoms with Gasteiger partial charge in [0.1, 0.15) is 6.10 Å². The maximum atomic E-state index is 10.8. The summed E-state index contributed by atoms with van der Waals surface area (Å²) in [6.45, 7) is 2.00. The Morgan fingerprint density at radius 1 is 1.30 bits per heavy atom. The van der Waals surface area contributed by atoms with Gasteiger partial charge in [-0.15, -0.1) is 11.3 Å². The third-order valence-corrected chi connectivity index (χ3v) is 5.43. The van der Waals surface area contributed by atoms with E-state index in [0.29, 0.717) is 6.42 Å². The minimum atomic E-state index is -0.694. The third-order valence-electron chi connectivity index (χ3n) is 4.36. The van der Waals surface area contributed by atoms with Crippen molar-refractivity contribution in [3.8, 4) is 6.07 Å². The Labute approximate surface area is 123 Å². The number of thiophene rings is 1. The van der Waals surface area contributed by atoms with Gasteiger partial charge in [-0.25, -0.2) is 0 Å². The molecular formula is C17H17NOS. The Balaban J connectivity index is 1.99. The van der Waals surface area contributed by atoms with Crippen LogP contribution in [-0.2, 0) is 12.8 Å². The van der Waals surface area contributed by atoms with Crippen LogP contribution in [0, 0.1) is 23.7 Å². The summed E-state index contributed by atoms with van der Waals surface area (Å²) in [5.41, 5.74) is 2.90. The summed E-state index contributed by atoms with van der Waals surface area (Å²) in [5, 5.41) is 22.5. The van der Waals surface area contributed by atoms with Gasteiger partial charge in [-0.05, 0) is 54.3 Å². The molecule has 0 fully saturated rings. The molecule has 1 aliphatic rings. The quantitative estimate of drug-likeness (QED) is 0.911. The number of hydrogen-bond donors (Lipinski definition) is 1. The van der Waals surface area contributed by atoms with Crippen molar-refractivity contribution in [2.75, 3.05) is 0 Å². The summed E-state index contributed by atoms with van der Waals surface area (Å²) in [6, 6.07) is 12.7. The van der Waals surface area contributed by atoms with Crippen LogP contribution in [0.1, 0.15) is 34.1 Å². The van der Waals surface area contributed by atoms with E-state index in [1.807, 2.05) is 30.5 Å². The minimum Gasteiger partial charge on any atom is -0.386 e. The first kappa shape index (κ1) is 13.4. The lowest BCUT2D eigenvalue weighted by Gasteiger charge is -2.36. The van der Waals surface area contributed by atoms with Gasteiger partial charge in [0.25, 0.3) is 0 Å². The Morgan fingerprint density at radius 2 is 2.05 bits per heavy atom. The highest BCUT2D eigenvalue weighted by Crippen LogP contribution is 2.46. The van der Waals surface area contributed by atoms with Gasteiger partial charge < -0.3 is 5.11 Å². The van der Waals surface area contributed by atoms with Gasteiger partial charge in [0, 0.05) is 4.88 Å². The lowest BCUT2D eigenvalue weighted by Crippen LogP contribution is -2.34. The molecule has 0 saturated heterocycles. The van der Waals surface area contributed by atoms with Crippen LogP contribution in [0.3, 0.4) is 0 Å². The number of nitriles is 1. The van der Waals surface area contributed by atoms with Gasteiger partial charge in [0.2, 0.25) is 0 Å². The molecule has 0 aliphatic heterocycles. The average Bonchev–Trinajstić information content (AvgIpc) is 2.92. The molecule has 3 heteroatoms. The summed E-state index contributed by atoms with van der Waals surface area (Å²) in [7, 11) is 0. The average molecular weight is 283 g/mol. The molecule has 3 rings (SSSR count). The van der Waals surface area contributed by atoms with Crippen molar-refractivity contribution in [1.82, 2.24) is 0 Å². The van der Waals surface area contributed by atoms with E-state index in [2.05, 4.69) is 18.2 Å². The number of aliphatic hydroxyl groups excluding tert-OH is 1. The molecule has 2 aromatic rings. The van der Waals surface area contributed by atoms with Crippen molar-refractivity contribution >= 4 is 11.3 Å². The fraction of sp³-hybridized carbons (Fsp3) is 0.353. The normalized spacial score (nSPS) is 22.9. The Bertz CT molecular complexity index is 670. The van der Waals surface area contributed by atoms with E-state index in [-0.39, 0.29) is 0 Å². The highest BCUT2D eigenvalue weighted by atomic mass is 32.1. The van der Waals surface area contributed by atoms with E-state index in [9.17, 15) is 10.4 Å². The van der Waals surface area contributed by atoms with Crippen LogP contribution < -0.4 is 0 Å². The lowest BCUT2D eigenvalue weighted by molar-refractivity contribution is 0.0551. The summed E-state index contributed by atoms with van der Waals surface area (Å²) in [5.74, 6) is 0. The molecule has 0 spiro atoms. The molecule has 1 aromatic carbocycles. The zero-order valence-corrected chi connectivity index (χ0v) is 12.3.